The predicted molar refractivity (Wildman–Crippen MR) is 61.4 cm³/mol. The Bertz CT molecular complexity index is 511. The number of hydrogen-bond donors (Lipinski definition) is 2. The van der Waals surface area contributed by atoms with Gasteiger partial charge in [-0.15, -0.1) is 0 Å². The molecule has 0 spiro atoms. The van der Waals surface area contributed by atoms with Gasteiger partial charge in [-0.05, 0) is 35.4 Å². The van der Waals surface area contributed by atoms with Crippen molar-refractivity contribution in [2.75, 3.05) is 0 Å². The minimum absolute atomic E-state index is 0.165. The van der Waals surface area contributed by atoms with Crippen LogP contribution in [-0.4, -0.2) is 5.11 Å². The Kier molecular flexibility index (Phi) is 2.88. The van der Waals surface area contributed by atoms with Crippen LogP contribution >= 0.6 is 0 Å². The van der Waals surface area contributed by atoms with E-state index in [1.807, 2.05) is 6.07 Å². The highest BCUT2D eigenvalue weighted by Gasteiger charge is 2.04. The Labute approximate surface area is 93.2 Å². The van der Waals surface area contributed by atoms with E-state index in [1.54, 1.807) is 30.3 Å². The number of halogens is 1. The van der Waals surface area contributed by atoms with Crippen LogP contribution < -0.4 is 5.73 Å². The first-order valence-electron chi connectivity index (χ1n) is 4.98. The van der Waals surface area contributed by atoms with Crippen LogP contribution in [0.1, 0.15) is 5.56 Å². The van der Waals surface area contributed by atoms with Crippen molar-refractivity contribution in [3.05, 3.63) is 53.8 Å². The molecule has 0 radical (unpaired) electrons. The fourth-order valence-electron chi connectivity index (χ4n) is 1.60. The van der Waals surface area contributed by atoms with E-state index in [-0.39, 0.29) is 18.1 Å². The molecular formula is C13H12FNO. The number of phenols is 1. The minimum atomic E-state index is -0.300. The van der Waals surface area contributed by atoms with Gasteiger partial charge in [-0.2, -0.15) is 0 Å². The lowest BCUT2D eigenvalue weighted by molar-refractivity contribution is 0.475. The molecular weight excluding hydrogens is 205 g/mol. The third-order valence-electron chi connectivity index (χ3n) is 2.45. The normalized spacial score (nSPS) is 10.4. The van der Waals surface area contributed by atoms with Crippen LogP contribution in [0.25, 0.3) is 11.1 Å². The number of phenolic OH excluding ortho intramolecular Hbond substituents is 1. The van der Waals surface area contributed by atoms with Crippen molar-refractivity contribution >= 4 is 0 Å². The molecule has 0 aromatic heterocycles. The van der Waals surface area contributed by atoms with Gasteiger partial charge in [0.25, 0.3) is 0 Å². The number of rotatable bonds is 2. The molecule has 0 fully saturated rings. The fraction of sp³-hybridized carbons (Fsp3) is 0.0769. The molecule has 3 N–H and O–H groups in total. The molecule has 0 aliphatic carbocycles. The largest absolute Gasteiger partial charge is 0.508 e. The molecule has 2 aromatic carbocycles. The van der Waals surface area contributed by atoms with E-state index in [1.165, 1.54) is 6.07 Å². The van der Waals surface area contributed by atoms with Crippen molar-refractivity contribution in [3.63, 3.8) is 0 Å². The lowest BCUT2D eigenvalue weighted by Gasteiger charge is -2.05. The third-order valence-corrected chi connectivity index (χ3v) is 2.45. The lowest BCUT2D eigenvalue weighted by atomic mass is 10.0. The van der Waals surface area contributed by atoms with Crippen molar-refractivity contribution < 1.29 is 9.50 Å². The fourth-order valence-corrected chi connectivity index (χ4v) is 1.60. The summed E-state index contributed by atoms with van der Waals surface area (Å²) < 4.78 is 13.2. The standard InChI is InChI=1S/C13H12FNO/c14-13-5-4-10(6-11(13)8-15)9-2-1-3-12(16)7-9/h1-7,16H,8,15H2. The second-order valence-electron chi connectivity index (χ2n) is 3.56. The molecule has 0 amide bonds. The van der Waals surface area contributed by atoms with Gasteiger partial charge in [-0.3, -0.25) is 0 Å². The average molecular weight is 217 g/mol. The zero-order chi connectivity index (χ0) is 11.5. The molecule has 0 atom stereocenters. The molecule has 0 heterocycles. The quantitative estimate of drug-likeness (QED) is 0.812. The van der Waals surface area contributed by atoms with Gasteiger partial charge in [0.15, 0.2) is 0 Å². The van der Waals surface area contributed by atoms with Gasteiger partial charge in [-0.25, -0.2) is 4.39 Å². The first kappa shape index (κ1) is 10.6. The van der Waals surface area contributed by atoms with Crippen LogP contribution in [-0.2, 0) is 6.54 Å². The Morgan fingerprint density at radius 3 is 2.50 bits per heavy atom. The summed E-state index contributed by atoms with van der Waals surface area (Å²) in [7, 11) is 0. The highest BCUT2D eigenvalue weighted by Crippen LogP contribution is 2.24. The summed E-state index contributed by atoms with van der Waals surface area (Å²) in [6.07, 6.45) is 0. The van der Waals surface area contributed by atoms with Crippen molar-refractivity contribution in [3.8, 4) is 16.9 Å². The number of aromatic hydroxyl groups is 1. The van der Waals surface area contributed by atoms with Crippen LogP contribution in [0.3, 0.4) is 0 Å². The van der Waals surface area contributed by atoms with Crippen molar-refractivity contribution in [2.45, 2.75) is 6.54 Å². The van der Waals surface area contributed by atoms with Crippen LogP contribution in [0, 0.1) is 5.82 Å². The lowest BCUT2D eigenvalue weighted by Crippen LogP contribution is -1.99. The van der Waals surface area contributed by atoms with Gasteiger partial charge in [0.1, 0.15) is 11.6 Å². The summed E-state index contributed by atoms with van der Waals surface area (Å²) in [6.45, 7) is 0.165. The molecule has 16 heavy (non-hydrogen) atoms. The van der Waals surface area contributed by atoms with Crippen LogP contribution in [0.2, 0.25) is 0 Å². The molecule has 2 aromatic rings. The number of nitrogens with two attached hydrogens (primary N) is 1. The maximum atomic E-state index is 13.2. The number of hydrogen-bond acceptors (Lipinski definition) is 2. The first-order chi connectivity index (χ1) is 7.70. The van der Waals surface area contributed by atoms with Gasteiger partial charge < -0.3 is 10.8 Å². The Morgan fingerprint density at radius 1 is 1.06 bits per heavy atom. The molecule has 0 aliphatic heterocycles. The zero-order valence-electron chi connectivity index (χ0n) is 8.65. The van der Waals surface area contributed by atoms with Gasteiger partial charge in [-0.1, -0.05) is 18.2 Å². The summed E-state index contributed by atoms with van der Waals surface area (Å²) in [4.78, 5) is 0. The highest BCUT2D eigenvalue weighted by atomic mass is 19.1. The molecule has 2 nitrogen and oxygen atoms in total. The van der Waals surface area contributed by atoms with E-state index in [2.05, 4.69) is 0 Å². The van der Waals surface area contributed by atoms with E-state index in [9.17, 15) is 9.50 Å². The molecule has 0 unspecified atom stereocenters. The van der Waals surface area contributed by atoms with Crippen molar-refractivity contribution in [2.24, 2.45) is 5.73 Å². The van der Waals surface area contributed by atoms with E-state index in [4.69, 9.17) is 5.73 Å². The summed E-state index contributed by atoms with van der Waals surface area (Å²) in [5.41, 5.74) is 7.60. The zero-order valence-corrected chi connectivity index (χ0v) is 8.65. The first-order valence-corrected chi connectivity index (χ1v) is 4.98. The average Bonchev–Trinajstić information content (AvgIpc) is 2.29. The Hall–Kier alpha value is -1.87. The van der Waals surface area contributed by atoms with Crippen molar-refractivity contribution in [1.82, 2.24) is 0 Å². The van der Waals surface area contributed by atoms with Crippen LogP contribution in [0.4, 0.5) is 4.39 Å². The van der Waals surface area contributed by atoms with Crippen LogP contribution in [0.15, 0.2) is 42.5 Å². The summed E-state index contributed by atoms with van der Waals surface area (Å²) in [5, 5.41) is 9.36. The van der Waals surface area contributed by atoms with E-state index in [0.29, 0.717) is 5.56 Å². The van der Waals surface area contributed by atoms with Gasteiger partial charge >= 0.3 is 0 Å². The van der Waals surface area contributed by atoms with Crippen LogP contribution in [0.5, 0.6) is 5.75 Å². The van der Waals surface area contributed by atoms with Gasteiger partial charge in [0, 0.05) is 12.1 Å². The Morgan fingerprint density at radius 2 is 1.81 bits per heavy atom. The molecule has 0 saturated carbocycles. The summed E-state index contributed by atoms with van der Waals surface area (Å²) >= 11 is 0. The molecule has 0 saturated heterocycles. The minimum Gasteiger partial charge on any atom is -0.508 e. The highest BCUT2D eigenvalue weighted by molar-refractivity contribution is 5.65. The summed E-state index contributed by atoms with van der Waals surface area (Å²) in [6, 6.07) is 11.6. The maximum Gasteiger partial charge on any atom is 0.127 e. The molecule has 0 aliphatic rings. The third kappa shape index (κ3) is 2.04. The topological polar surface area (TPSA) is 46.2 Å². The molecule has 82 valence electrons. The van der Waals surface area contributed by atoms with Gasteiger partial charge in [0.05, 0.1) is 0 Å². The molecule has 2 rings (SSSR count). The molecule has 0 bridgehead atoms. The van der Waals surface area contributed by atoms with Crippen molar-refractivity contribution in [1.29, 1.82) is 0 Å². The maximum absolute atomic E-state index is 13.2. The Balaban J connectivity index is 2.48. The van der Waals surface area contributed by atoms with E-state index in [0.717, 1.165) is 11.1 Å². The number of benzene rings is 2. The predicted octanol–water partition coefficient (Wildman–Crippen LogP) is 2.66. The smallest absolute Gasteiger partial charge is 0.127 e. The SMILES string of the molecule is NCc1cc(-c2cccc(O)c2)ccc1F. The van der Waals surface area contributed by atoms with E-state index >= 15 is 0 Å². The second kappa shape index (κ2) is 4.33. The monoisotopic (exact) mass is 217 g/mol. The molecule has 3 heteroatoms. The van der Waals surface area contributed by atoms with Gasteiger partial charge in [0.2, 0.25) is 0 Å². The summed E-state index contributed by atoms with van der Waals surface area (Å²) in [5.74, 6) is -0.109. The second-order valence-corrected chi connectivity index (χ2v) is 3.56. The van der Waals surface area contributed by atoms with E-state index < -0.39 is 0 Å².